The van der Waals surface area contributed by atoms with E-state index in [4.69, 9.17) is 41.3 Å². The number of carboxylic acids is 2. The van der Waals surface area contributed by atoms with Gasteiger partial charge in [-0.15, -0.1) is 0 Å². The van der Waals surface area contributed by atoms with Crippen molar-refractivity contribution in [1.29, 1.82) is 0 Å². The van der Waals surface area contributed by atoms with E-state index >= 15 is 0 Å². The van der Waals surface area contributed by atoms with Crippen molar-refractivity contribution < 1.29 is 63.0 Å². The van der Waals surface area contributed by atoms with E-state index in [0.29, 0.717) is 70.0 Å². The summed E-state index contributed by atoms with van der Waals surface area (Å²) in [4.78, 5) is 146. The zero-order valence-corrected chi connectivity index (χ0v) is 45.6. The van der Waals surface area contributed by atoms with Crippen molar-refractivity contribution in [2.45, 2.75) is 184 Å². The quantitative estimate of drug-likeness (QED) is 0.0288. The van der Waals surface area contributed by atoms with Gasteiger partial charge in [0.05, 0.1) is 6.04 Å². The summed E-state index contributed by atoms with van der Waals surface area (Å²) in [6.07, 6.45) is 2.30. The molecule has 0 heterocycles. The molecule has 0 unspecified atom stereocenters. The largest absolute Gasteiger partial charge is 0.481 e. The van der Waals surface area contributed by atoms with Crippen LogP contribution >= 0.6 is 0 Å². The predicted octanol–water partition coefficient (Wildman–Crippen LogP) is -3.08. The van der Waals surface area contributed by atoms with Gasteiger partial charge in [0.15, 0.2) is 0 Å². The average molecular weight is 1120 g/mol. The Bertz CT molecular complexity index is 2110. The second-order valence-corrected chi connectivity index (χ2v) is 19.4. The van der Waals surface area contributed by atoms with Gasteiger partial charge in [0.2, 0.25) is 53.2 Å². The Morgan fingerprint density at radius 1 is 0.481 bits per heavy atom. The summed E-state index contributed by atoms with van der Waals surface area (Å²) in [6, 6.07) is -4.04. The number of rotatable bonds is 43. The molecule has 2 radical (unpaired) electrons. The van der Waals surface area contributed by atoms with E-state index < -0.39 is 138 Å². The van der Waals surface area contributed by atoms with Crippen molar-refractivity contribution >= 4 is 65.1 Å². The number of unbranched alkanes of at least 4 members (excludes halogenated alkanes) is 4. The fraction of sp³-hybridized carbons (Fsp3) is 0.654. The molecular weight excluding hydrogens is 1030 g/mol. The molecule has 10 atom stereocenters. The van der Waals surface area contributed by atoms with Gasteiger partial charge in [0.25, 0.3) is 0 Å². The van der Waals surface area contributed by atoms with Crippen LogP contribution in [0.5, 0.6) is 0 Å². The molecule has 0 bridgehead atoms. The maximum atomic E-state index is 14.3. The summed E-state index contributed by atoms with van der Waals surface area (Å²) in [5.74, 6) is -11.3. The lowest BCUT2D eigenvalue weighted by Gasteiger charge is -2.29. The van der Waals surface area contributed by atoms with Crippen molar-refractivity contribution in [2.75, 3.05) is 26.2 Å². The lowest BCUT2D eigenvalue weighted by molar-refractivity contribution is -0.142. The van der Waals surface area contributed by atoms with E-state index in [9.17, 15) is 63.0 Å². The smallest absolute Gasteiger partial charge is 0.326 e. The number of carbonyl (C=O) groups excluding carboxylic acids is 9. The van der Waals surface area contributed by atoms with Gasteiger partial charge in [-0.05, 0) is 128 Å². The molecule has 0 aliphatic carbocycles. The Kier molecular flexibility index (Phi) is 35.1. The summed E-state index contributed by atoms with van der Waals surface area (Å²) in [6.45, 7) is 10.5. The van der Waals surface area contributed by atoms with E-state index in [1.807, 2.05) is 0 Å². The average Bonchev–Trinajstić information content (AvgIpc) is 3.41. The van der Waals surface area contributed by atoms with E-state index in [2.05, 4.69) is 42.5 Å². The number of carbonyl (C=O) groups is 11. The number of benzene rings is 1. The first-order valence-electron chi connectivity index (χ1n) is 27.0. The highest BCUT2D eigenvalue weighted by Crippen LogP contribution is 2.14. The highest BCUT2D eigenvalue weighted by molar-refractivity contribution is 5.98. The third-order valence-electron chi connectivity index (χ3n) is 12.9. The number of primary amides is 1. The monoisotopic (exact) mass is 1120 g/mol. The Labute approximate surface area is 462 Å². The summed E-state index contributed by atoms with van der Waals surface area (Å²) < 4.78 is 0. The third kappa shape index (κ3) is 28.6. The van der Waals surface area contributed by atoms with Crippen molar-refractivity contribution in [3.8, 4) is 0 Å². The number of carboxylic acid groups (broad SMARTS) is 2. The highest BCUT2D eigenvalue weighted by atomic mass is 16.4. The molecule has 0 aromatic heterocycles. The zero-order valence-electron chi connectivity index (χ0n) is 45.6. The van der Waals surface area contributed by atoms with Gasteiger partial charge >= 0.3 is 11.9 Å². The number of hydrogen-bond donors (Lipinski definition) is 16. The minimum absolute atomic E-state index is 0.00240. The number of nitrogens with two attached hydrogens (primary N) is 6. The highest BCUT2D eigenvalue weighted by Gasteiger charge is 2.36. The van der Waals surface area contributed by atoms with E-state index in [1.165, 1.54) is 0 Å². The van der Waals surface area contributed by atoms with Crippen LogP contribution in [0, 0.1) is 12.8 Å². The van der Waals surface area contributed by atoms with Crippen LogP contribution in [0.4, 0.5) is 0 Å². The Balaban J connectivity index is 3.49. The molecule has 1 rings (SSSR count). The van der Waals surface area contributed by atoms with Crippen molar-refractivity contribution in [3.05, 3.63) is 42.8 Å². The van der Waals surface area contributed by atoms with E-state index in [1.54, 1.807) is 44.2 Å². The lowest BCUT2D eigenvalue weighted by Crippen LogP contribution is -2.61. The van der Waals surface area contributed by atoms with Gasteiger partial charge in [0, 0.05) is 19.3 Å². The molecule has 0 fully saturated rings. The number of aliphatic carboxylic acids is 2. The second kappa shape index (κ2) is 39.5. The van der Waals surface area contributed by atoms with Crippen LogP contribution in [0.25, 0.3) is 0 Å². The summed E-state index contributed by atoms with van der Waals surface area (Å²) in [5.41, 5.74) is 34.5. The molecule has 444 valence electrons. The molecule has 0 saturated heterocycles. The molecular formula is C52H88N14O13. The summed E-state index contributed by atoms with van der Waals surface area (Å²) >= 11 is 0. The molecule has 0 aliphatic rings. The van der Waals surface area contributed by atoms with Gasteiger partial charge in [-0.25, -0.2) is 4.79 Å². The first kappa shape index (κ1) is 70.2. The van der Waals surface area contributed by atoms with Gasteiger partial charge in [-0.1, -0.05) is 57.0 Å². The SMILES string of the molecule is [CH][C@H](NC(=O)[C@H](CCC(N)=O)NC(=O)[C@@H](N)CCCCN)C(=O)N[C@@H](CCC(=O)O)C(=O)N[C@H](C(=O)N[C@@H](CCCCN)C(=O)N[C@@H](CCCCN)C(=O)N[C@@H](Cc1ccccc1)C(=O)N[C@@H](CCCCN)C(=O)O)[C@@H](C)CC. The number of amides is 9. The normalized spacial score (nSPS) is 14.9. The standard InChI is InChI=1S/C52H88N14O13/c1-4-31(2)43(66-49(75)38(23-25-42(68)69)60-44(70)32(3)59-46(72)37(22-24-41(58)67)61-45(71)34(57)18-8-12-26-53)51(77)63-36(20-10-14-28-55)47(73)62-35(19-9-13-27-54)48(74)65-40(30-33-16-6-5-7-17-33)50(76)64-39(52(78)79)21-11-15-29-56/h3,5-7,16-17,31-32,34-40,43H,4,8-15,18-30,53-57H2,1-2H3,(H2,58,67)(H,59,72)(H,60,70)(H,61,71)(H,62,73)(H,63,77)(H,64,76)(H,65,74)(H,66,75)(H,68,69)(H,78,79)/t31-,32-,34-,35-,36-,37-,38-,39-,40-,43-/m0/s1. The topological polar surface area (TPSA) is 481 Å². The van der Waals surface area contributed by atoms with Crippen LogP contribution in [0.1, 0.15) is 129 Å². The van der Waals surface area contributed by atoms with Crippen LogP contribution in [-0.2, 0) is 59.2 Å². The van der Waals surface area contributed by atoms with E-state index in [-0.39, 0.29) is 64.5 Å². The first-order chi connectivity index (χ1) is 37.5. The molecule has 9 amide bonds. The van der Waals surface area contributed by atoms with Crippen LogP contribution in [0.2, 0.25) is 0 Å². The van der Waals surface area contributed by atoms with Crippen molar-refractivity contribution in [3.63, 3.8) is 0 Å². The minimum atomic E-state index is -1.91. The van der Waals surface area contributed by atoms with Crippen molar-refractivity contribution in [2.24, 2.45) is 40.3 Å². The second-order valence-electron chi connectivity index (χ2n) is 19.4. The number of nitrogens with one attached hydrogen (secondary N) is 8. The fourth-order valence-electron chi connectivity index (χ4n) is 7.96. The number of hydrogen-bond acceptors (Lipinski definition) is 16. The molecule has 27 nitrogen and oxygen atoms in total. The summed E-state index contributed by atoms with van der Waals surface area (Å²) in [7, 11) is 0. The molecule has 27 heteroatoms. The Morgan fingerprint density at radius 2 is 0.873 bits per heavy atom. The third-order valence-corrected chi connectivity index (χ3v) is 12.9. The Morgan fingerprint density at radius 3 is 1.35 bits per heavy atom. The van der Waals surface area contributed by atoms with Crippen molar-refractivity contribution in [1.82, 2.24) is 42.5 Å². The molecule has 0 saturated carbocycles. The zero-order chi connectivity index (χ0) is 59.5. The van der Waals surface area contributed by atoms with Crippen LogP contribution in [0.15, 0.2) is 30.3 Å². The molecule has 0 spiro atoms. The van der Waals surface area contributed by atoms with Crippen LogP contribution in [-0.4, -0.2) is 156 Å². The van der Waals surface area contributed by atoms with Gasteiger partial charge in [-0.3, -0.25) is 47.9 Å². The molecule has 1 aromatic rings. The van der Waals surface area contributed by atoms with Gasteiger partial charge in [0.1, 0.15) is 48.3 Å². The maximum Gasteiger partial charge on any atom is 0.326 e. The molecule has 22 N–H and O–H groups in total. The lowest BCUT2D eigenvalue weighted by atomic mass is 9.96. The molecule has 1 aromatic carbocycles. The van der Waals surface area contributed by atoms with Gasteiger partial charge in [-0.2, -0.15) is 0 Å². The fourth-order valence-corrected chi connectivity index (χ4v) is 7.96. The van der Waals surface area contributed by atoms with Crippen LogP contribution < -0.4 is 76.9 Å². The molecule has 79 heavy (non-hydrogen) atoms. The predicted molar refractivity (Wildman–Crippen MR) is 292 cm³/mol. The van der Waals surface area contributed by atoms with Gasteiger partial charge < -0.3 is 87.1 Å². The molecule has 0 aliphatic heterocycles. The Hall–Kier alpha value is -6.81. The maximum absolute atomic E-state index is 14.3. The summed E-state index contributed by atoms with van der Waals surface area (Å²) in [5, 5.41) is 39.5. The minimum Gasteiger partial charge on any atom is -0.481 e. The first-order valence-corrected chi connectivity index (χ1v) is 27.0. The van der Waals surface area contributed by atoms with Crippen LogP contribution in [0.3, 0.4) is 0 Å². The van der Waals surface area contributed by atoms with E-state index in [0.717, 1.165) is 0 Å².